The fourth-order valence-corrected chi connectivity index (χ4v) is 3.81. The van der Waals surface area contributed by atoms with Crippen molar-refractivity contribution in [2.24, 2.45) is 5.92 Å². The molecule has 2 rings (SSSR count). The van der Waals surface area contributed by atoms with Gasteiger partial charge in [-0.2, -0.15) is 0 Å². The van der Waals surface area contributed by atoms with Crippen LogP contribution in [0.15, 0.2) is 0 Å². The molecule has 2 aliphatic rings. The van der Waals surface area contributed by atoms with E-state index in [4.69, 9.17) is 0 Å². The summed E-state index contributed by atoms with van der Waals surface area (Å²) in [6, 6.07) is 0.925. The molecule has 1 nitrogen and oxygen atoms in total. The number of hydrogen-bond acceptors (Lipinski definition) is 3. The lowest BCUT2D eigenvalue weighted by Crippen LogP contribution is -2.41. The standard InChI is InChI=1S/C13H25NS2/c1-13(2,16-15)8-7-11-5-3-9-14-10-4-6-12(11)14/h11-12,15H,3-10H2,1-2H3. The second kappa shape index (κ2) is 5.53. The largest absolute Gasteiger partial charge is 0.300 e. The van der Waals surface area contributed by atoms with Crippen LogP contribution in [-0.2, 0) is 0 Å². The van der Waals surface area contributed by atoms with Crippen LogP contribution in [0.3, 0.4) is 0 Å². The molecule has 2 heterocycles. The average Bonchev–Trinajstić information content (AvgIpc) is 2.75. The molecule has 2 unspecified atom stereocenters. The summed E-state index contributed by atoms with van der Waals surface area (Å²) in [5, 5.41) is 0. The zero-order valence-corrected chi connectivity index (χ0v) is 12.3. The normalized spacial score (nSPS) is 31.7. The minimum absolute atomic E-state index is 0.351. The lowest BCUT2D eigenvalue weighted by Gasteiger charge is -2.38. The van der Waals surface area contributed by atoms with Gasteiger partial charge < -0.3 is 4.90 Å². The van der Waals surface area contributed by atoms with Crippen LogP contribution in [-0.4, -0.2) is 28.8 Å². The van der Waals surface area contributed by atoms with Gasteiger partial charge in [0.05, 0.1) is 0 Å². The van der Waals surface area contributed by atoms with E-state index >= 15 is 0 Å². The second-order valence-corrected chi connectivity index (χ2v) is 7.87. The maximum Gasteiger partial charge on any atom is 0.0205 e. The van der Waals surface area contributed by atoms with Gasteiger partial charge in [-0.25, -0.2) is 0 Å². The van der Waals surface area contributed by atoms with Crippen molar-refractivity contribution in [1.29, 1.82) is 0 Å². The van der Waals surface area contributed by atoms with Crippen molar-refractivity contribution < 1.29 is 0 Å². The molecule has 16 heavy (non-hydrogen) atoms. The summed E-state index contributed by atoms with van der Waals surface area (Å²) >= 11 is 4.38. The number of fused-ring (bicyclic) bond motifs is 1. The highest BCUT2D eigenvalue weighted by molar-refractivity contribution is 8.69. The highest BCUT2D eigenvalue weighted by atomic mass is 33.1. The molecule has 2 aliphatic heterocycles. The molecular formula is C13H25NS2. The van der Waals surface area contributed by atoms with Crippen molar-refractivity contribution in [2.45, 2.75) is 63.2 Å². The fraction of sp³-hybridized carbons (Fsp3) is 1.00. The Morgan fingerprint density at radius 1 is 1.25 bits per heavy atom. The molecule has 0 spiro atoms. The third-order valence-corrected chi connectivity index (χ3v) is 6.52. The number of thiol groups is 1. The molecular weight excluding hydrogens is 234 g/mol. The van der Waals surface area contributed by atoms with E-state index in [-0.39, 0.29) is 0 Å². The molecule has 2 atom stereocenters. The van der Waals surface area contributed by atoms with E-state index in [0.29, 0.717) is 4.75 Å². The Kier molecular flexibility index (Phi) is 4.53. The summed E-state index contributed by atoms with van der Waals surface area (Å²) in [4.78, 5) is 2.75. The van der Waals surface area contributed by atoms with E-state index in [1.165, 1.54) is 51.6 Å². The first-order valence-corrected chi connectivity index (χ1v) is 8.56. The van der Waals surface area contributed by atoms with Crippen molar-refractivity contribution >= 4 is 22.5 Å². The molecule has 0 radical (unpaired) electrons. The first-order chi connectivity index (χ1) is 7.62. The summed E-state index contributed by atoms with van der Waals surface area (Å²) in [7, 11) is 1.72. The Morgan fingerprint density at radius 2 is 1.94 bits per heavy atom. The van der Waals surface area contributed by atoms with Gasteiger partial charge in [0.2, 0.25) is 0 Å². The molecule has 2 fully saturated rings. The number of hydrogen-bond donors (Lipinski definition) is 1. The van der Waals surface area contributed by atoms with E-state index in [1.807, 2.05) is 0 Å². The third-order valence-electron chi connectivity index (χ3n) is 4.34. The molecule has 0 saturated carbocycles. The highest BCUT2D eigenvalue weighted by Gasteiger charge is 2.35. The van der Waals surface area contributed by atoms with Gasteiger partial charge in [0.1, 0.15) is 0 Å². The molecule has 0 aromatic carbocycles. The van der Waals surface area contributed by atoms with Gasteiger partial charge in [-0.1, -0.05) is 10.8 Å². The van der Waals surface area contributed by atoms with E-state index < -0.39 is 0 Å². The monoisotopic (exact) mass is 259 g/mol. The Balaban J connectivity index is 1.84. The quantitative estimate of drug-likeness (QED) is 0.600. The zero-order chi connectivity index (χ0) is 11.6. The van der Waals surface area contributed by atoms with Crippen LogP contribution in [0, 0.1) is 5.92 Å². The van der Waals surface area contributed by atoms with Gasteiger partial charge in [-0.3, -0.25) is 0 Å². The number of piperidine rings is 1. The molecule has 2 saturated heterocycles. The Labute approximate surface area is 110 Å². The Hall–Kier alpha value is 0.660. The summed E-state index contributed by atoms with van der Waals surface area (Å²) in [6.45, 7) is 7.37. The third kappa shape index (κ3) is 3.11. The average molecular weight is 259 g/mol. The lowest BCUT2D eigenvalue weighted by atomic mass is 9.84. The SMILES string of the molecule is CC(C)(CCC1CCCN2CCCC12)SS. The van der Waals surface area contributed by atoms with Crippen LogP contribution in [0.2, 0.25) is 0 Å². The zero-order valence-electron chi connectivity index (χ0n) is 10.6. The van der Waals surface area contributed by atoms with Gasteiger partial charge in [-0.05, 0) is 71.4 Å². The van der Waals surface area contributed by atoms with Crippen LogP contribution < -0.4 is 0 Å². The second-order valence-electron chi connectivity index (χ2n) is 6.04. The highest BCUT2D eigenvalue weighted by Crippen LogP contribution is 2.38. The summed E-state index contributed by atoms with van der Waals surface area (Å²) in [6.07, 6.45) is 8.51. The lowest BCUT2D eigenvalue weighted by molar-refractivity contribution is 0.124. The van der Waals surface area contributed by atoms with Crippen LogP contribution in [0.1, 0.15) is 52.4 Å². The Morgan fingerprint density at radius 3 is 2.62 bits per heavy atom. The van der Waals surface area contributed by atoms with Crippen molar-refractivity contribution in [3.8, 4) is 0 Å². The first-order valence-electron chi connectivity index (χ1n) is 6.69. The van der Waals surface area contributed by atoms with Crippen LogP contribution in [0.4, 0.5) is 0 Å². The predicted molar refractivity (Wildman–Crippen MR) is 77.2 cm³/mol. The van der Waals surface area contributed by atoms with Gasteiger partial charge in [0.25, 0.3) is 0 Å². The minimum atomic E-state index is 0.351. The molecule has 0 aromatic rings. The topological polar surface area (TPSA) is 3.24 Å². The van der Waals surface area contributed by atoms with Crippen molar-refractivity contribution in [2.75, 3.05) is 13.1 Å². The van der Waals surface area contributed by atoms with E-state index in [2.05, 4.69) is 30.4 Å². The molecule has 94 valence electrons. The van der Waals surface area contributed by atoms with Gasteiger partial charge in [0.15, 0.2) is 0 Å². The van der Waals surface area contributed by atoms with Crippen molar-refractivity contribution in [3.63, 3.8) is 0 Å². The smallest absolute Gasteiger partial charge is 0.0205 e. The van der Waals surface area contributed by atoms with E-state index in [0.717, 1.165) is 12.0 Å². The van der Waals surface area contributed by atoms with Gasteiger partial charge >= 0.3 is 0 Å². The molecule has 0 N–H and O–H groups in total. The maximum absolute atomic E-state index is 4.38. The van der Waals surface area contributed by atoms with Crippen LogP contribution >= 0.6 is 22.5 Å². The maximum atomic E-state index is 4.38. The number of nitrogens with zero attached hydrogens (tertiary/aromatic N) is 1. The number of rotatable bonds is 4. The van der Waals surface area contributed by atoms with E-state index in [1.54, 1.807) is 10.8 Å². The van der Waals surface area contributed by atoms with Crippen LogP contribution in [0.25, 0.3) is 0 Å². The Bertz CT molecular complexity index is 230. The first kappa shape index (κ1) is 13.1. The van der Waals surface area contributed by atoms with E-state index in [9.17, 15) is 0 Å². The summed E-state index contributed by atoms with van der Waals surface area (Å²) in [5.74, 6) is 0.969. The van der Waals surface area contributed by atoms with Crippen molar-refractivity contribution in [3.05, 3.63) is 0 Å². The fourth-order valence-electron chi connectivity index (χ4n) is 3.33. The minimum Gasteiger partial charge on any atom is -0.300 e. The molecule has 0 aromatic heterocycles. The predicted octanol–water partition coefficient (Wildman–Crippen LogP) is 4.00. The van der Waals surface area contributed by atoms with Gasteiger partial charge in [-0.15, -0.1) is 11.7 Å². The molecule has 0 amide bonds. The van der Waals surface area contributed by atoms with Gasteiger partial charge in [0, 0.05) is 10.8 Å². The molecule has 3 heteroatoms. The van der Waals surface area contributed by atoms with Crippen molar-refractivity contribution in [1.82, 2.24) is 4.90 Å². The summed E-state index contributed by atoms with van der Waals surface area (Å²) < 4.78 is 0.351. The summed E-state index contributed by atoms with van der Waals surface area (Å²) in [5.41, 5.74) is 0. The molecule has 0 bridgehead atoms. The van der Waals surface area contributed by atoms with Crippen LogP contribution in [0.5, 0.6) is 0 Å². The molecule has 0 aliphatic carbocycles.